The molecule has 172 valence electrons. The molecule has 0 radical (unpaired) electrons. The molecule has 2 saturated carbocycles. The first-order valence-corrected chi connectivity index (χ1v) is 11.6. The quantitative estimate of drug-likeness (QED) is 0.595. The molecule has 2 fully saturated rings. The lowest BCUT2D eigenvalue weighted by molar-refractivity contribution is -0.139. The Kier molecular flexibility index (Phi) is 5.35. The summed E-state index contributed by atoms with van der Waals surface area (Å²) in [5, 5.41) is 15.0. The van der Waals surface area contributed by atoms with Gasteiger partial charge in [-0.25, -0.2) is 4.79 Å². The summed E-state index contributed by atoms with van der Waals surface area (Å²) in [6.07, 6.45) is 3.39. The Labute approximate surface area is 192 Å². The second-order valence-corrected chi connectivity index (χ2v) is 9.54. The van der Waals surface area contributed by atoms with Gasteiger partial charge in [-0.1, -0.05) is 61.4 Å². The van der Waals surface area contributed by atoms with E-state index < -0.39 is 23.1 Å². The number of rotatable bonds is 7. The molecule has 3 N–H and O–H groups in total. The SMILES string of the molecule is O=C(O)CC1(NC(=O)C2(NC(=O)OCC3c4ccccc4-c4ccccc43)CC2)CCCC1. The standard InChI is InChI=1S/C26H28N2O5/c29-22(30)15-25(11-5-6-12-25)27-23(31)26(13-14-26)28-24(32)33-16-21-19-9-3-1-7-17(19)18-8-2-4-10-20(18)21/h1-4,7-10,21H,5-6,11-16H2,(H,27,31)(H,28,32)(H,29,30). The number of hydrogen-bond donors (Lipinski definition) is 3. The molecule has 2 aromatic carbocycles. The van der Waals surface area contributed by atoms with E-state index in [9.17, 15) is 19.5 Å². The van der Waals surface area contributed by atoms with Gasteiger partial charge in [-0.05, 0) is 47.9 Å². The monoisotopic (exact) mass is 448 g/mol. The third-order valence-corrected chi connectivity index (χ3v) is 7.30. The molecule has 33 heavy (non-hydrogen) atoms. The average Bonchev–Trinajstić information content (AvgIpc) is 3.32. The van der Waals surface area contributed by atoms with Gasteiger partial charge < -0.3 is 20.5 Å². The van der Waals surface area contributed by atoms with Gasteiger partial charge in [0.1, 0.15) is 12.1 Å². The first kappa shape index (κ1) is 21.5. The van der Waals surface area contributed by atoms with Crippen LogP contribution in [0.25, 0.3) is 11.1 Å². The highest BCUT2D eigenvalue weighted by atomic mass is 16.5. The van der Waals surface area contributed by atoms with E-state index >= 15 is 0 Å². The molecule has 2 amide bonds. The van der Waals surface area contributed by atoms with Gasteiger partial charge in [0.15, 0.2) is 0 Å². The summed E-state index contributed by atoms with van der Waals surface area (Å²) in [4.78, 5) is 37.0. The summed E-state index contributed by atoms with van der Waals surface area (Å²) in [6.45, 7) is 0.181. The number of ether oxygens (including phenoxy) is 1. The number of carbonyl (C=O) groups is 3. The Hall–Kier alpha value is -3.35. The summed E-state index contributed by atoms with van der Waals surface area (Å²) in [6, 6.07) is 16.2. The van der Waals surface area contributed by atoms with E-state index in [1.165, 1.54) is 0 Å². The first-order valence-electron chi connectivity index (χ1n) is 11.6. The highest BCUT2D eigenvalue weighted by molar-refractivity contribution is 5.93. The van der Waals surface area contributed by atoms with Crippen LogP contribution in [0, 0.1) is 0 Å². The Balaban J connectivity index is 1.23. The number of alkyl carbamates (subject to hydrolysis) is 1. The molecule has 0 heterocycles. The number of carboxylic acids is 1. The molecule has 7 nitrogen and oxygen atoms in total. The number of amides is 2. The van der Waals surface area contributed by atoms with Crippen molar-refractivity contribution in [3.63, 3.8) is 0 Å². The summed E-state index contributed by atoms with van der Waals surface area (Å²) >= 11 is 0. The lowest BCUT2D eigenvalue weighted by Gasteiger charge is -2.31. The molecular formula is C26H28N2O5. The van der Waals surface area contributed by atoms with Crippen molar-refractivity contribution in [2.75, 3.05) is 6.61 Å². The normalized spacial score (nSPS) is 19.3. The smallest absolute Gasteiger partial charge is 0.408 e. The van der Waals surface area contributed by atoms with E-state index in [-0.39, 0.29) is 24.9 Å². The van der Waals surface area contributed by atoms with E-state index in [1.54, 1.807) is 0 Å². The molecule has 3 aliphatic rings. The molecule has 0 bridgehead atoms. The maximum atomic E-state index is 13.0. The maximum Gasteiger partial charge on any atom is 0.408 e. The molecule has 5 rings (SSSR count). The molecular weight excluding hydrogens is 420 g/mol. The van der Waals surface area contributed by atoms with Crippen LogP contribution in [0.3, 0.4) is 0 Å². The third-order valence-electron chi connectivity index (χ3n) is 7.30. The van der Waals surface area contributed by atoms with E-state index in [4.69, 9.17) is 4.74 Å². The molecule has 2 aromatic rings. The average molecular weight is 449 g/mol. The Bertz CT molecular complexity index is 1060. The molecule has 0 unspecified atom stereocenters. The molecule has 0 saturated heterocycles. The van der Waals surface area contributed by atoms with Gasteiger partial charge in [-0.15, -0.1) is 0 Å². The van der Waals surface area contributed by atoms with Gasteiger partial charge in [0.25, 0.3) is 0 Å². The van der Waals surface area contributed by atoms with Gasteiger partial charge in [0, 0.05) is 5.92 Å². The molecule has 0 spiro atoms. The zero-order chi connectivity index (χ0) is 23.1. The van der Waals surface area contributed by atoms with E-state index in [1.807, 2.05) is 24.3 Å². The van der Waals surface area contributed by atoms with Crippen molar-refractivity contribution in [2.45, 2.75) is 61.9 Å². The second-order valence-electron chi connectivity index (χ2n) is 9.54. The molecule has 7 heteroatoms. The van der Waals surface area contributed by atoms with Crippen LogP contribution < -0.4 is 10.6 Å². The van der Waals surface area contributed by atoms with Gasteiger partial charge in [-0.2, -0.15) is 0 Å². The number of hydrogen-bond acceptors (Lipinski definition) is 4. The van der Waals surface area contributed by atoms with Crippen LogP contribution in [0.2, 0.25) is 0 Å². The summed E-state index contributed by atoms with van der Waals surface area (Å²) in [5.74, 6) is -1.28. The van der Waals surface area contributed by atoms with Crippen molar-refractivity contribution < 1.29 is 24.2 Å². The number of carbonyl (C=O) groups excluding carboxylic acids is 2. The number of benzene rings is 2. The van der Waals surface area contributed by atoms with Crippen molar-refractivity contribution in [3.8, 4) is 11.1 Å². The van der Waals surface area contributed by atoms with Crippen LogP contribution in [0.1, 0.15) is 62.0 Å². The van der Waals surface area contributed by atoms with Crippen LogP contribution in [0.5, 0.6) is 0 Å². The van der Waals surface area contributed by atoms with Crippen LogP contribution in [0.15, 0.2) is 48.5 Å². The number of aliphatic carboxylic acids is 1. The van der Waals surface area contributed by atoms with Crippen LogP contribution >= 0.6 is 0 Å². The minimum Gasteiger partial charge on any atom is -0.481 e. The Morgan fingerprint density at radius 3 is 2.00 bits per heavy atom. The molecule has 0 aliphatic heterocycles. The molecule has 3 aliphatic carbocycles. The minimum absolute atomic E-state index is 0.0514. The zero-order valence-corrected chi connectivity index (χ0v) is 18.4. The van der Waals surface area contributed by atoms with Crippen LogP contribution in [-0.2, 0) is 14.3 Å². The fourth-order valence-electron chi connectivity index (χ4n) is 5.41. The van der Waals surface area contributed by atoms with Crippen LogP contribution in [-0.4, -0.2) is 40.8 Å². The second kappa shape index (κ2) is 8.21. The number of nitrogens with one attached hydrogen (secondary N) is 2. The largest absolute Gasteiger partial charge is 0.481 e. The highest BCUT2D eigenvalue weighted by Crippen LogP contribution is 2.45. The van der Waals surface area contributed by atoms with Gasteiger partial charge in [0.2, 0.25) is 5.91 Å². The Morgan fingerprint density at radius 1 is 0.879 bits per heavy atom. The zero-order valence-electron chi connectivity index (χ0n) is 18.4. The summed E-state index contributed by atoms with van der Waals surface area (Å²) in [5.41, 5.74) is 2.84. The van der Waals surface area contributed by atoms with Crippen molar-refractivity contribution in [1.29, 1.82) is 0 Å². The highest BCUT2D eigenvalue weighted by Gasteiger charge is 2.54. The van der Waals surface area contributed by atoms with Gasteiger partial charge in [-0.3, -0.25) is 9.59 Å². The predicted molar refractivity (Wildman–Crippen MR) is 122 cm³/mol. The molecule has 0 atom stereocenters. The van der Waals surface area contributed by atoms with Crippen molar-refractivity contribution >= 4 is 18.0 Å². The predicted octanol–water partition coefficient (Wildman–Crippen LogP) is 3.96. The topological polar surface area (TPSA) is 105 Å². The fraction of sp³-hybridized carbons (Fsp3) is 0.423. The Morgan fingerprint density at radius 2 is 1.45 bits per heavy atom. The lowest BCUT2D eigenvalue weighted by Crippen LogP contribution is -2.56. The van der Waals surface area contributed by atoms with Gasteiger partial charge >= 0.3 is 12.1 Å². The minimum atomic E-state index is -1.00. The number of carboxylic acid groups (broad SMARTS) is 1. The first-order chi connectivity index (χ1) is 15.9. The van der Waals surface area contributed by atoms with Crippen molar-refractivity contribution in [2.24, 2.45) is 0 Å². The molecule has 0 aromatic heterocycles. The third kappa shape index (κ3) is 4.08. The maximum absolute atomic E-state index is 13.0. The van der Waals surface area contributed by atoms with Crippen LogP contribution in [0.4, 0.5) is 4.79 Å². The van der Waals surface area contributed by atoms with E-state index in [0.29, 0.717) is 25.7 Å². The van der Waals surface area contributed by atoms with E-state index in [0.717, 1.165) is 35.1 Å². The summed E-state index contributed by atoms with van der Waals surface area (Å²) in [7, 11) is 0. The van der Waals surface area contributed by atoms with Crippen molar-refractivity contribution in [3.05, 3.63) is 59.7 Å². The number of fused-ring (bicyclic) bond motifs is 3. The fourth-order valence-corrected chi connectivity index (χ4v) is 5.41. The van der Waals surface area contributed by atoms with Crippen molar-refractivity contribution in [1.82, 2.24) is 10.6 Å². The van der Waals surface area contributed by atoms with E-state index in [2.05, 4.69) is 34.9 Å². The summed E-state index contributed by atoms with van der Waals surface area (Å²) < 4.78 is 5.60. The lowest BCUT2D eigenvalue weighted by atomic mass is 9.92. The van der Waals surface area contributed by atoms with Gasteiger partial charge in [0.05, 0.1) is 12.0 Å².